The Hall–Kier alpha value is -2.47. The lowest BCUT2D eigenvalue weighted by atomic mass is 9.87. The second kappa shape index (κ2) is 9.57. The maximum Gasteiger partial charge on any atom is 0.225 e. The standard InChI is InChI=1S/C26H34N4O2/c1-19-6-5-7-20(16-19)17-24-27-23-10-11-30(26(31)21-8-3-2-4-9-21)18-22(23)25(28-24)29-12-14-32-15-13-29/h5-7,16,21H,2-4,8-15,17-18H2,1H3. The number of morpholine rings is 1. The molecule has 2 aromatic rings. The molecule has 0 atom stereocenters. The highest BCUT2D eigenvalue weighted by molar-refractivity contribution is 5.79. The van der Waals surface area contributed by atoms with E-state index in [1.54, 1.807) is 0 Å². The van der Waals surface area contributed by atoms with Crippen molar-refractivity contribution in [1.82, 2.24) is 14.9 Å². The van der Waals surface area contributed by atoms with Crippen molar-refractivity contribution in [2.45, 2.75) is 58.4 Å². The van der Waals surface area contributed by atoms with Gasteiger partial charge in [-0.25, -0.2) is 9.97 Å². The summed E-state index contributed by atoms with van der Waals surface area (Å²) in [5.74, 6) is 2.44. The van der Waals surface area contributed by atoms with Crippen LogP contribution in [-0.2, 0) is 28.9 Å². The molecule has 1 saturated carbocycles. The van der Waals surface area contributed by atoms with Crippen LogP contribution in [0, 0.1) is 12.8 Å². The first-order valence-corrected chi connectivity index (χ1v) is 12.2. The minimum absolute atomic E-state index is 0.207. The van der Waals surface area contributed by atoms with Crippen molar-refractivity contribution in [3.8, 4) is 0 Å². The number of nitrogens with zero attached hydrogens (tertiary/aromatic N) is 4. The van der Waals surface area contributed by atoms with Gasteiger partial charge < -0.3 is 14.5 Å². The predicted molar refractivity (Wildman–Crippen MR) is 125 cm³/mol. The molecular weight excluding hydrogens is 400 g/mol. The number of anilines is 1. The Kier molecular flexibility index (Phi) is 6.39. The number of carbonyl (C=O) groups is 1. The van der Waals surface area contributed by atoms with Gasteiger partial charge in [0.05, 0.1) is 25.5 Å². The molecule has 3 aliphatic rings. The molecule has 1 saturated heterocycles. The minimum atomic E-state index is 0.207. The Morgan fingerprint density at radius 1 is 1.09 bits per heavy atom. The number of hydrogen-bond acceptors (Lipinski definition) is 5. The fourth-order valence-corrected chi connectivity index (χ4v) is 5.36. The van der Waals surface area contributed by atoms with Crippen molar-refractivity contribution in [2.24, 2.45) is 5.92 Å². The Balaban J connectivity index is 1.43. The van der Waals surface area contributed by atoms with Gasteiger partial charge in [-0.2, -0.15) is 0 Å². The highest BCUT2D eigenvalue weighted by Gasteiger charge is 2.32. The van der Waals surface area contributed by atoms with Crippen molar-refractivity contribution in [3.05, 3.63) is 52.5 Å². The molecule has 1 aliphatic carbocycles. The van der Waals surface area contributed by atoms with Gasteiger partial charge >= 0.3 is 0 Å². The first-order valence-electron chi connectivity index (χ1n) is 12.2. The molecule has 170 valence electrons. The molecule has 3 heterocycles. The van der Waals surface area contributed by atoms with Gasteiger partial charge in [-0.1, -0.05) is 49.1 Å². The zero-order valence-corrected chi connectivity index (χ0v) is 19.2. The van der Waals surface area contributed by atoms with E-state index in [1.165, 1.54) is 30.4 Å². The second-order valence-electron chi connectivity index (χ2n) is 9.50. The topological polar surface area (TPSA) is 58.6 Å². The highest BCUT2D eigenvalue weighted by atomic mass is 16.5. The van der Waals surface area contributed by atoms with E-state index in [4.69, 9.17) is 14.7 Å². The third-order valence-corrected chi connectivity index (χ3v) is 7.11. The molecular formula is C26H34N4O2. The zero-order chi connectivity index (χ0) is 21.9. The molecule has 0 unspecified atom stereocenters. The molecule has 2 aliphatic heterocycles. The molecule has 6 nitrogen and oxygen atoms in total. The van der Waals surface area contributed by atoms with E-state index in [2.05, 4.69) is 41.0 Å². The molecule has 0 radical (unpaired) electrons. The SMILES string of the molecule is Cc1cccc(Cc2nc3c(c(N4CCOCC4)n2)CN(C(=O)C2CCCCC2)CC3)c1. The van der Waals surface area contributed by atoms with E-state index >= 15 is 0 Å². The summed E-state index contributed by atoms with van der Waals surface area (Å²) in [7, 11) is 0. The van der Waals surface area contributed by atoms with Gasteiger partial charge in [-0.05, 0) is 25.3 Å². The first kappa shape index (κ1) is 21.4. The van der Waals surface area contributed by atoms with E-state index in [0.717, 1.165) is 81.4 Å². The fraction of sp³-hybridized carbons (Fsp3) is 0.577. The van der Waals surface area contributed by atoms with Gasteiger partial charge in [0, 0.05) is 44.0 Å². The summed E-state index contributed by atoms with van der Waals surface area (Å²) in [6.07, 6.45) is 7.28. The summed E-state index contributed by atoms with van der Waals surface area (Å²) < 4.78 is 5.59. The summed E-state index contributed by atoms with van der Waals surface area (Å²) in [4.78, 5) is 27.7. The van der Waals surface area contributed by atoms with Crippen LogP contribution in [-0.4, -0.2) is 53.6 Å². The van der Waals surface area contributed by atoms with E-state index in [9.17, 15) is 4.79 Å². The Morgan fingerprint density at radius 3 is 2.69 bits per heavy atom. The van der Waals surface area contributed by atoms with E-state index in [1.807, 2.05) is 0 Å². The summed E-state index contributed by atoms with van der Waals surface area (Å²) in [5.41, 5.74) is 4.76. The average molecular weight is 435 g/mol. The normalized spacial score (nSPS) is 19.7. The summed E-state index contributed by atoms with van der Waals surface area (Å²) >= 11 is 0. The molecule has 32 heavy (non-hydrogen) atoms. The van der Waals surface area contributed by atoms with Crippen LogP contribution in [0.4, 0.5) is 5.82 Å². The summed E-state index contributed by atoms with van der Waals surface area (Å²) in [6.45, 7) is 6.64. The van der Waals surface area contributed by atoms with Crippen molar-refractivity contribution in [1.29, 1.82) is 0 Å². The quantitative estimate of drug-likeness (QED) is 0.735. The molecule has 0 N–H and O–H groups in total. The Labute approximate surface area is 191 Å². The van der Waals surface area contributed by atoms with E-state index in [-0.39, 0.29) is 5.92 Å². The largest absolute Gasteiger partial charge is 0.378 e. The monoisotopic (exact) mass is 434 g/mol. The van der Waals surface area contributed by atoms with Crippen LogP contribution in [0.25, 0.3) is 0 Å². The second-order valence-corrected chi connectivity index (χ2v) is 9.50. The summed E-state index contributed by atoms with van der Waals surface area (Å²) in [5, 5.41) is 0. The van der Waals surface area contributed by atoms with Gasteiger partial charge in [0.15, 0.2) is 0 Å². The molecule has 1 amide bonds. The number of ether oxygens (including phenoxy) is 1. The summed E-state index contributed by atoms with van der Waals surface area (Å²) in [6, 6.07) is 8.57. The van der Waals surface area contributed by atoms with Crippen LogP contribution in [0.1, 0.15) is 60.3 Å². The number of fused-ring (bicyclic) bond motifs is 1. The smallest absolute Gasteiger partial charge is 0.225 e. The van der Waals surface area contributed by atoms with Gasteiger partial charge in [0.25, 0.3) is 0 Å². The number of aryl methyl sites for hydroxylation is 1. The number of rotatable bonds is 4. The number of hydrogen-bond donors (Lipinski definition) is 0. The number of carbonyl (C=O) groups excluding carboxylic acids is 1. The maximum atomic E-state index is 13.2. The van der Waals surface area contributed by atoms with Crippen molar-refractivity contribution < 1.29 is 9.53 Å². The highest BCUT2D eigenvalue weighted by Crippen LogP contribution is 2.31. The van der Waals surface area contributed by atoms with Crippen molar-refractivity contribution >= 4 is 11.7 Å². The van der Waals surface area contributed by atoms with Crippen LogP contribution >= 0.6 is 0 Å². The number of benzene rings is 1. The average Bonchev–Trinajstić information content (AvgIpc) is 2.84. The van der Waals surface area contributed by atoms with Gasteiger partial charge in [-0.15, -0.1) is 0 Å². The molecule has 0 bridgehead atoms. The lowest BCUT2D eigenvalue weighted by Gasteiger charge is -2.36. The first-order chi connectivity index (χ1) is 15.7. The molecule has 2 fully saturated rings. The van der Waals surface area contributed by atoms with Crippen molar-refractivity contribution in [3.63, 3.8) is 0 Å². The fourth-order valence-electron chi connectivity index (χ4n) is 5.36. The molecule has 0 spiro atoms. The third kappa shape index (κ3) is 4.65. The van der Waals surface area contributed by atoms with Crippen LogP contribution in [0.3, 0.4) is 0 Å². The van der Waals surface area contributed by atoms with Gasteiger partial charge in [0.1, 0.15) is 11.6 Å². The number of aromatic nitrogens is 2. The Morgan fingerprint density at radius 2 is 1.91 bits per heavy atom. The van der Waals surface area contributed by atoms with Gasteiger partial charge in [-0.3, -0.25) is 4.79 Å². The van der Waals surface area contributed by atoms with Crippen LogP contribution in [0.2, 0.25) is 0 Å². The molecule has 1 aromatic carbocycles. The zero-order valence-electron chi connectivity index (χ0n) is 19.2. The van der Waals surface area contributed by atoms with Crippen LogP contribution < -0.4 is 4.90 Å². The van der Waals surface area contributed by atoms with Crippen LogP contribution in [0.15, 0.2) is 24.3 Å². The van der Waals surface area contributed by atoms with Crippen molar-refractivity contribution in [2.75, 3.05) is 37.7 Å². The van der Waals surface area contributed by atoms with E-state index < -0.39 is 0 Å². The predicted octanol–water partition coefficient (Wildman–Crippen LogP) is 3.68. The molecule has 1 aromatic heterocycles. The lowest BCUT2D eigenvalue weighted by Crippen LogP contribution is -2.43. The maximum absolute atomic E-state index is 13.2. The Bertz CT molecular complexity index is 964. The lowest BCUT2D eigenvalue weighted by molar-refractivity contribution is -0.137. The van der Waals surface area contributed by atoms with Gasteiger partial charge in [0.2, 0.25) is 5.91 Å². The third-order valence-electron chi connectivity index (χ3n) is 7.11. The molecule has 5 rings (SSSR count). The number of amides is 1. The molecule has 6 heteroatoms. The van der Waals surface area contributed by atoms with Crippen LogP contribution in [0.5, 0.6) is 0 Å². The minimum Gasteiger partial charge on any atom is -0.378 e. The van der Waals surface area contributed by atoms with E-state index in [0.29, 0.717) is 12.5 Å².